The van der Waals surface area contributed by atoms with Gasteiger partial charge in [-0.05, 0) is 30.2 Å². The van der Waals surface area contributed by atoms with E-state index in [1.54, 1.807) is 0 Å². The molecule has 2 aromatic carbocycles. The van der Waals surface area contributed by atoms with E-state index >= 15 is 0 Å². The number of rotatable bonds is 8. The number of sulfonamides is 1. The lowest BCUT2D eigenvalue weighted by Crippen LogP contribution is -2.37. The molecule has 8 heteroatoms. The molecule has 0 aliphatic carbocycles. The van der Waals surface area contributed by atoms with Gasteiger partial charge in [-0.1, -0.05) is 36.4 Å². The lowest BCUT2D eigenvalue weighted by Gasteiger charge is -2.22. The van der Waals surface area contributed by atoms with Crippen LogP contribution in [0.5, 0.6) is 0 Å². The molecule has 6 nitrogen and oxygen atoms in total. The van der Waals surface area contributed by atoms with Crippen LogP contribution in [-0.4, -0.2) is 45.4 Å². The number of hydrogen-bond acceptors (Lipinski definition) is 5. The quantitative estimate of drug-likeness (QED) is 0.687. The summed E-state index contributed by atoms with van der Waals surface area (Å²) in [7, 11) is -2.50. The maximum absolute atomic E-state index is 12.9. The molecule has 2 aromatic rings. The third-order valence-corrected chi connectivity index (χ3v) is 5.66. The number of esters is 1. The molecule has 2 N–H and O–H groups in total. The second-order valence-electron chi connectivity index (χ2n) is 5.45. The Morgan fingerprint density at radius 3 is 2.38 bits per heavy atom. The average Bonchev–Trinajstić information content (AvgIpc) is 2.65. The zero-order valence-electron chi connectivity index (χ0n) is 14.5. The molecule has 0 bridgehead atoms. The molecule has 0 heterocycles. The summed E-state index contributed by atoms with van der Waals surface area (Å²) in [6, 6.07) is 15.5. The summed E-state index contributed by atoms with van der Waals surface area (Å²) < 4.78 is 31.8. The number of carbonyl (C=O) groups is 1. The first-order valence-electron chi connectivity index (χ1n) is 7.91. The van der Waals surface area contributed by atoms with E-state index < -0.39 is 16.0 Å². The third kappa shape index (κ3) is 5.54. The Morgan fingerprint density at radius 2 is 1.77 bits per heavy atom. The minimum absolute atomic E-state index is 0. The zero-order valence-corrected chi connectivity index (χ0v) is 16.1. The van der Waals surface area contributed by atoms with Crippen LogP contribution in [0.3, 0.4) is 0 Å². The van der Waals surface area contributed by atoms with Crippen molar-refractivity contribution in [2.45, 2.75) is 11.3 Å². The normalized spacial score (nSPS) is 11.0. The lowest BCUT2D eigenvalue weighted by molar-refractivity contribution is 0.0600. The van der Waals surface area contributed by atoms with E-state index in [4.69, 9.17) is 5.73 Å². The highest BCUT2D eigenvalue weighted by atomic mass is 35.5. The highest BCUT2D eigenvalue weighted by Crippen LogP contribution is 2.18. The number of nitrogens with two attached hydrogens (primary N) is 1. The number of methoxy groups -OCH3 is 1. The molecule has 26 heavy (non-hydrogen) atoms. The molecule has 0 aliphatic rings. The molecule has 0 aliphatic heterocycles. The van der Waals surface area contributed by atoms with E-state index in [0.717, 1.165) is 5.56 Å². The molecule has 0 saturated heterocycles. The van der Waals surface area contributed by atoms with Crippen molar-refractivity contribution in [3.05, 3.63) is 65.7 Å². The van der Waals surface area contributed by atoms with Crippen LogP contribution in [0.15, 0.2) is 59.5 Å². The van der Waals surface area contributed by atoms with Crippen LogP contribution in [-0.2, 0) is 21.2 Å². The van der Waals surface area contributed by atoms with Gasteiger partial charge in [-0.2, -0.15) is 4.31 Å². The van der Waals surface area contributed by atoms with Gasteiger partial charge in [-0.15, -0.1) is 12.4 Å². The van der Waals surface area contributed by atoms with Crippen LogP contribution >= 0.6 is 12.4 Å². The molecule has 0 amide bonds. The predicted molar refractivity (Wildman–Crippen MR) is 103 cm³/mol. The average molecular weight is 399 g/mol. The third-order valence-electron chi connectivity index (χ3n) is 3.76. The van der Waals surface area contributed by atoms with Crippen molar-refractivity contribution >= 4 is 28.4 Å². The Labute approximate surface area is 160 Å². The highest BCUT2D eigenvalue weighted by molar-refractivity contribution is 7.89. The second kappa shape index (κ2) is 10.3. The fourth-order valence-corrected chi connectivity index (χ4v) is 3.95. The largest absolute Gasteiger partial charge is 0.465 e. The molecular weight excluding hydrogens is 376 g/mol. The summed E-state index contributed by atoms with van der Waals surface area (Å²) >= 11 is 0. The lowest BCUT2D eigenvalue weighted by atomic mass is 10.1. The Kier molecular flexibility index (Phi) is 8.74. The number of ether oxygens (including phenoxy) is 1. The van der Waals surface area contributed by atoms with Crippen molar-refractivity contribution in [2.75, 3.05) is 26.7 Å². The van der Waals surface area contributed by atoms with Gasteiger partial charge in [-0.3, -0.25) is 0 Å². The van der Waals surface area contributed by atoms with E-state index in [-0.39, 0.29) is 36.0 Å². The van der Waals surface area contributed by atoms with E-state index in [1.165, 1.54) is 35.7 Å². The van der Waals surface area contributed by atoms with Crippen molar-refractivity contribution in [3.8, 4) is 0 Å². The summed E-state index contributed by atoms with van der Waals surface area (Å²) in [5.41, 5.74) is 6.83. The van der Waals surface area contributed by atoms with Crippen molar-refractivity contribution < 1.29 is 17.9 Å². The van der Waals surface area contributed by atoms with Gasteiger partial charge in [0.25, 0.3) is 0 Å². The number of hydrogen-bond donors (Lipinski definition) is 1. The molecular formula is C18H23ClN2O4S. The molecule has 2 rings (SSSR count). The monoisotopic (exact) mass is 398 g/mol. The molecule has 0 radical (unpaired) electrons. The van der Waals surface area contributed by atoms with Gasteiger partial charge in [-0.25, -0.2) is 13.2 Å². The van der Waals surface area contributed by atoms with Gasteiger partial charge in [0.15, 0.2) is 0 Å². The first kappa shape index (κ1) is 22.1. The Morgan fingerprint density at radius 1 is 1.08 bits per heavy atom. The minimum Gasteiger partial charge on any atom is -0.465 e. The minimum atomic E-state index is -3.75. The second-order valence-corrected chi connectivity index (χ2v) is 7.39. The van der Waals surface area contributed by atoms with Crippen LogP contribution in [0.25, 0.3) is 0 Å². The zero-order chi connectivity index (χ0) is 18.3. The summed E-state index contributed by atoms with van der Waals surface area (Å²) in [5, 5.41) is 0. The summed E-state index contributed by atoms with van der Waals surface area (Å²) in [5.74, 6) is -0.577. The molecule has 0 aromatic heterocycles. The molecule has 0 atom stereocenters. The molecule has 0 spiro atoms. The van der Waals surface area contributed by atoms with Gasteiger partial charge >= 0.3 is 5.97 Å². The predicted octanol–water partition coefficient (Wildman–Crippen LogP) is 2.09. The number of halogens is 1. The van der Waals surface area contributed by atoms with Crippen LogP contribution < -0.4 is 5.73 Å². The topological polar surface area (TPSA) is 89.7 Å². The van der Waals surface area contributed by atoms with Gasteiger partial charge in [0, 0.05) is 19.6 Å². The van der Waals surface area contributed by atoms with Crippen LogP contribution in [0, 0.1) is 0 Å². The van der Waals surface area contributed by atoms with Crippen molar-refractivity contribution in [1.82, 2.24) is 4.31 Å². The van der Waals surface area contributed by atoms with E-state index in [0.29, 0.717) is 13.0 Å². The molecule has 0 unspecified atom stereocenters. The molecule has 0 fully saturated rings. The molecule has 0 saturated carbocycles. The standard InChI is InChI=1S/C18H22N2O4S.ClH/c1-24-18(21)16-8-5-9-17(14-16)25(22,23)20(13-11-19)12-10-15-6-3-2-4-7-15;/h2-9,14H,10-13,19H2,1H3;1H. The first-order valence-corrected chi connectivity index (χ1v) is 9.35. The number of nitrogens with zero attached hydrogens (tertiary/aromatic N) is 1. The summed E-state index contributed by atoms with van der Waals surface area (Å²) in [6.07, 6.45) is 0.580. The van der Waals surface area contributed by atoms with Crippen LogP contribution in [0.2, 0.25) is 0 Å². The highest BCUT2D eigenvalue weighted by Gasteiger charge is 2.24. The van der Waals surface area contributed by atoms with Gasteiger partial charge in [0.1, 0.15) is 0 Å². The Balaban J connectivity index is 0.00000338. The first-order chi connectivity index (χ1) is 12.0. The maximum Gasteiger partial charge on any atom is 0.337 e. The van der Waals surface area contributed by atoms with Gasteiger partial charge < -0.3 is 10.5 Å². The van der Waals surface area contributed by atoms with Crippen molar-refractivity contribution in [3.63, 3.8) is 0 Å². The van der Waals surface area contributed by atoms with Crippen LogP contribution in [0.1, 0.15) is 15.9 Å². The number of benzene rings is 2. The fourth-order valence-electron chi connectivity index (χ4n) is 2.45. The van der Waals surface area contributed by atoms with Crippen molar-refractivity contribution in [1.29, 1.82) is 0 Å². The molecule has 142 valence electrons. The smallest absolute Gasteiger partial charge is 0.337 e. The summed E-state index contributed by atoms with van der Waals surface area (Å²) in [6.45, 7) is 0.730. The maximum atomic E-state index is 12.9. The van der Waals surface area contributed by atoms with Gasteiger partial charge in [0.2, 0.25) is 10.0 Å². The van der Waals surface area contributed by atoms with E-state index in [1.807, 2.05) is 30.3 Å². The van der Waals surface area contributed by atoms with Crippen molar-refractivity contribution in [2.24, 2.45) is 5.73 Å². The Bertz CT molecular complexity index is 813. The van der Waals surface area contributed by atoms with Gasteiger partial charge in [0.05, 0.1) is 17.6 Å². The SMILES string of the molecule is COC(=O)c1cccc(S(=O)(=O)N(CCN)CCc2ccccc2)c1.Cl. The summed E-state index contributed by atoms with van der Waals surface area (Å²) in [4.78, 5) is 11.7. The Hall–Kier alpha value is -1.93. The fraction of sp³-hybridized carbons (Fsp3) is 0.278. The van der Waals surface area contributed by atoms with Crippen LogP contribution in [0.4, 0.5) is 0 Å². The van der Waals surface area contributed by atoms with E-state index in [9.17, 15) is 13.2 Å². The van der Waals surface area contributed by atoms with E-state index in [2.05, 4.69) is 4.74 Å². The number of carbonyl (C=O) groups excluding carboxylic acids is 1.